The Balaban J connectivity index is 1.55. The van der Waals surface area contributed by atoms with Crippen molar-refractivity contribution in [2.75, 3.05) is 18.4 Å². The number of carbonyl (C=O) groups excluding carboxylic acids is 1. The van der Waals surface area contributed by atoms with E-state index >= 15 is 0 Å². The maximum Gasteiger partial charge on any atom is 0.243 e. The van der Waals surface area contributed by atoms with E-state index in [-0.39, 0.29) is 17.2 Å². The second-order valence-electron chi connectivity index (χ2n) is 8.23. The normalized spacial score (nSPS) is 12.1. The summed E-state index contributed by atoms with van der Waals surface area (Å²) in [5.41, 5.74) is 3.34. The smallest absolute Gasteiger partial charge is 0.243 e. The van der Waals surface area contributed by atoms with Crippen LogP contribution in [-0.4, -0.2) is 45.8 Å². The van der Waals surface area contributed by atoms with Gasteiger partial charge in [-0.1, -0.05) is 19.9 Å². The fourth-order valence-electron chi connectivity index (χ4n) is 4.43. The lowest BCUT2D eigenvalue weighted by Crippen LogP contribution is -2.30. The molecule has 0 radical (unpaired) electrons. The Morgan fingerprint density at radius 2 is 1.82 bits per heavy atom. The molecule has 0 aliphatic heterocycles. The number of sulfonamides is 1. The number of benzene rings is 2. The molecule has 0 saturated heterocycles. The van der Waals surface area contributed by atoms with E-state index in [1.807, 2.05) is 73.5 Å². The number of carbonyl (C=O) groups is 1. The Kier molecular flexibility index (Phi) is 6.77. The van der Waals surface area contributed by atoms with Gasteiger partial charge in [-0.2, -0.15) is 4.31 Å². The average molecular weight is 482 g/mol. The first kappa shape index (κ1) is 24.0. The van der Waals surface area contributed by atoms with E-state index in [1.165, 1.54) is 4.31 Å². The van der Waals surface area contributed by atoms with Crippen molar-refractivity contribution in [1.82, 2.24) is 18.4 Å². The molecule has 34 heavy (non-hydrogen) atoms. The molecule has 4 aromatic rings. The Bertz CT molecular complexity index is 1450. The van der Waals surface area contributed by atoms with Gasteiger partial charge < -0.3 is 14.5 Å². The highest BCUT2D eigenvalue weighted by molar-refractivity contribution is 7.89. The van der Waals surface area contributed by atoms with Crippen LogP contribution in [0.15, 0.2) is 53.6 Å². The van der Waals surface area contributed by atoms with Gasteiger partial charge in [-0.3, -0.25) is 4.79 Å². The molecule has 180 valence electrons. The summed E-state index contributed by atoms with van der Waals surface area (Å²) in [7, 11) is -1.59. The topological polar surface area (TPSA) is 89.2 Å². The Morgan fingerprint density at radius 1 is 1.06 bits per heavy atom. The summed E-state index contributed by atoms with van der Waals surface area (Å²) < 4.78 is 31.3. The zero-order valence-corrected chi connectivity index (χ0v) is 20.9. The number of nitrogens with zero attached hydrogens (tertiary/aromatic N) is 4. The summed E-state index contributed by atoms with van der Waals surface area (Å²) in [6, 6.07) is 12.9. The maximum atomic E-state index is 12.9. The van der Waals surface area contributed by atoms with Crippen molar-refractivity contribution in [2.45, 2.75) is 45.1 Å². The van der Waals surface area contributed by atoms with Crippen LogP contribution in [0.1, 0.15) is 33.0 Å². The predicted molar refractivity (Wildman–Crippen MR) is 135 cm³/mol. The summed E-state index contributed by atoms with van der Waals surface area (Å²) in [4.78, 5) is 17.7. The molecule has 1 amide bonds. The summed E-state index contributed by atoms with van der Waals surface area (Å²) in [6.07, 6.45) is 2.70. The minimum Gasteiger partial charge on any atom is -0.350 e. The van der Waals surface area contributed by atoms with E-state index in [2.05, 4.69) is 5.32 Å². The molecule has 0 spiro atoms. The zero-order valence-electron chi connectivity index (χ0n) is 20.1. The molecule has 0 unspecified atom stereocenters. The van der Waals surface area contributed by atoms with E-state index < -0.39 is 10.0 Å². The molecule has 2 aromatic carbocycles. The largest absolute Gasteiger partial charge is 0.350 e. The number of amides is 1. The summed E-state index contributed by atoms with van der Waals surface area (Å²) in [5, 5.41) is 4.02. The number of imidazole rings is 1. The SMILES string of the molecule is CCN(CC)S(=O)(=O)c1ccc2c(c1)nc(CCC(=O)Nc1cccc3c1ccn3C)n2CC. The highest BCUT2D eigenvalue weighted by Crippen LogP contribution is 2.25. The molecule has 0 aliphatic carbocycles. The van der Waals surface area contributed by atoms with Gasteiger partial charge >= 0.3 is 0 Å². The van der Waals surface area contributed by atoms with E-state index in [9.17, 15) is 13.2 Å². The average Bonchev–Trinajstić information content (AvgIpc) is 3.38. The molecule has 1 N–H and O–H groups in total. The molecular formula is C25H31N5O3S. The summed E-state index contributed by atoms with van der Waals surface area (Å²) >= 11 is 0. The summed E-state index contributed by atoms with van der Waals surface area (Å²) in [6.45, 7) is 7.18. The van der Waals surface area contributed by atoms with Crippen molar-refractivity contribution in [1.29, 1.82) is 0 Å². The van der Waals surface area contributed by atoms with Gasteiger partial charge in [-0.15, -0.1) is 0 Å². The molecule has 0 saturated carbocycles. The first-order valence-electron chi connectivity index (χ1n) is 11.6. The number of rotatable bonds is 9. The number of hydrogen-bond acceptors (Lipinski definition) is 4. The quantitative estimate of drug-likeness (QED) is 0.389. The molecule has 8 nitrogen and oxygen atoms in total. The van der Waals surface area contributed by atoms with Gasteiger partial charge in [0.1, 0.15) is 5.82 Å². The summed E-state index contributed by atoms with van der Waals surface area (Å²) in [5.74, 6) is 0.679. The molecule has 0 aliphatic rings. The van der Waals surface area contributed by atoms with Crippen LogP contribution >= 0.6 is 0 Å². The van der Waals surface area contributed by atoms with Crippen LogP contribution in [0, 0.1) is 0 Å². The van der Waals surface area contributed by atoms with Crippen LogP contribution in [0.4, 0.5) is 5.69 Å². The van der Waals surface area contributed by atoms with Crippen molar-refractivity contribution in [2.24, 2.45) is 7.05 Å². The minimum absolute atomic E-state index is 0.0872. The van der Waals surface area contributed by atoms with Gasteiger partial charge in [0.25, 0.3) is 0 Å². The van der Waals surface area contributed by atoms with Crippen molar-refractivity contribution in [3.8, 4) is 0 Å². The van der Waals surface area contributed by atoms with Gasteiger partial charge in [0, 0.05) is 56.6 Å². The lowest BCUT2D eigenvalue weighted by atomic mass is 10.2. The maximum absolute atomic E-state index is 12.9. The number of nitrogens with one attached hydrogen (secondary N) is 1. The van der Waals surface area contributed by atoms with E-state index in [0.29, 0.717) is 31.6 Å². The Morgan fingerprint density at radius 3 is 2.53 bits per heavy atom. The third-order valence-electron chi connectivity index (χ3n) is 6.24. The predicted octanol–water partition coefficient (Wildman–Crippen LogP) is 4.15. The number of hydrogen-bond donors (Lipinski definition) is 1. The van der Waals surface area contributed by atoms with Crippen LogP contribution in [0.3, 0.4) is 0 Å². The van der Waals surface area contributed by atoms with Gasteiger partial charge in [0.05, 0.1) is 21.6 Å². The van der Waals surface area contributed by atoms with E-state index in [4.69, 9.17) is 4.98 Å². The first-order valence-corrected chi connectivity index (χ1v) is 13.1. The van der Waals surface area contributed by atoms with Crippen molar-refractivity contribution in [3.63, 3.8) is 0 Å². The molecule has 9 heteroatoms. The van der Waals surface area contributed by atoms with E-state index in [1.54, 1.807) is 12.1 Å². The fraction of sp³-hybridized carbons (Fsp3) is 0.360. The Labute approximate surface area is 200 Å². The molecular weight excluding hydrogens is 450 g/mol. The third kappa shape index (κ3) is 4.33. The standard InChI is InChI=1S/C25H31N5O3S/c1-5-29(6-2)34(32,33)18-11-12-23-21(17-18)26-24(30(23)7-3)13-14-25(31)27-20-9-8-10-22-19(20)15-16-28(22)4/h8-12,15-17H,5-7,13-14H2,1-4H3,(H,27,31). The first-order chi connectivity index (χ1) is 16.3. The minimum atomic E-state index is -3.56. The second kappa shape index (κ2) is 9.60. The van der Waals surface area contributed by atoms with Gasteiger partial charge in [-0.05, 0) is 43.3 Å². The molecule has 2 heterocycles. The Hall–Kier alpha value is -3.17. The number of aryl methyl sites for hydroxylation is 3. The lowest BCUT2D eigenvalue weighted by molar-refractivity contribution is -0.116. The van der Waals surface area contributed by atoms with E-state index in [0.717, 1.165) is 27.9 Å². The number of anilines is 1. The number of fused-ring (bicyclic) bond motifs is 2. The molecule has 0 bridgehead atoms. The van der Waals surface area contributed by atoms with Crippen molar-refractivity contribution in [3.05, 3.63) is 54.5 Å². The van der Waals surface area contributed by atoms with Crippen molar-refractivity contribution < 1.29 is 13.2 Å². The van der Waals surface area contributed by atoms with Crippen LogP contribution < -0.4 is 5.32 Å². The molecule has 4 rings (SSSR count). The molecule has 2 aromatic heterocycles. The molecule has 0 atom stereocenters. The third-order valence-corrected chi connectivity index (χ3v) is 8.28. The van der Waals surface area contributed by atoms with Gasteiger partial charge in [0.2, 0.25) is 15.9 Å². The van der Waals surface area contributed by atoms with Gasteiger partial charge in [0.15, 0.2) is 0 Å². The lowest BCUT2D eigenvalue weighted by Gasteiger charge is -2.18. The monoisotopic (exact) mass is 481 g/mol. The fourth-order valence-corrected chi connectivity index (χ4v) is 5.90. The highest BCUT2D eigenvalue weighted by Gasteiger charge is 2.23. The van der Waals surface area contributed by atoms with Crippen LogP contribution in [-0.2, 0) is 34.8 Å². The van der Waals surface area contributed by atoms with Crippen LogP contribution in [0.25, 0.3) is 21.9 Å². The highest BCUT2D eigenvalue weighted by atomic mass is 32.2. The van der Waals surface area contributed by atoms with Crippen LogP contribution in [0.5, 0.6) is 0 Å². The second-order valence-corrected chi connectivity index (χ2v) is 10.2. The number of aromatic nitrogens is 3. The molecule has 0 fully saturated rings. The van der Waals surface area contributed by atoms with Crippen molar-refractivity contribution >= 4 is 43.6 Å². The zero-order chi connectivity index (χ0) is 24.5. The van der Waals surface area contributed by atoms with Crippen LogP contribution in [0.2, 0.25) is 0 Å². The van der Waals surface area contributed by atoms with Gasteiger partial charge in [-0.25, -0.2) is 13.4 Å².